The minimum Gasteiger partial charge on any atom is -0.489 e. The van der Waals surface area contributed by atoms with Crippen molar-refractivity contribution in [1.82, 2.24) is 4.98 Å². The van der Waals surface area contributed by atoms with E-state index in [1.165, 1.54) is 6.92 Å². The molecule has 0 saturated heterocycles. The Morgan fingerprint density at radius 1 is 1.21 bits per heavy atom. The van der Waals surface area contributed by atoms with Crippen molar-refractivity contribution in [1.29, 1.82) is 0 Å². The monoisotopic (exact) mass is 464 g/mol. The molecule has 0 amide bonds. The third kappa shape index (κ3) is 5.70. The molecule has 2 aromatic carbocycles. The molecule has 1 aliphatic heterocycles. The molecular weight excluding hydrogens is 440 g/mol. The minimum atomic E-state index is -0.968. The van der Waals surface area contributed by atoms with Gasteiger partial charge >= 0.3 is 5.97 Å². The number of hydrogen-bond donors (Lipinski definition) is 1. The minimum absolute atomic E-state index is 0.142. The number of ether oxygens (including phenoxy) is 1. The Labute approximate surface area is 195 Å². The number of fused-ring (bicyclic) bond motifs is 1. The van der Waals surface area contributed by atoms with Crippen molar-refractivity contribution in [3.05, 3.63) is 71.4 Å². The number of para-hydroxylation sites is 1. The molecule has 0 radical (unpaired) electrons. The number of oxime groups is 1. The Balaban J connectivity index is 1.40. The number of aliphatic carboxylic acids is 1. The van der Waals surface area contributed by atoms with Crippen LogP contribution in [0.2, 0.25) is 0 Å². The Hall–Kier alpha value is -3.39. The average molecular weight is 465 g/mol. The van der Waals surface area contributed by atoms with E-state index in [1.54, 1.807) is 0 Å². The van der Waals surface area contributed by atoms with Gasteiger partial charge in [0.2, 0.25) is 0 Å². The number of aromatic nitrogens is 1. The lowest BCUT2D eigenvalue weighted by Crippen LogP contribution is -2.27. The predicted molar refractivity (Wildman–Crippen MR) is 128 cm³/mol. The summed E-state index contributed by atoms with van der Waals surface area (Å²) in [5.41, 5.74) is 4.56. The van der Waals surface area contributed by atoms with Crippen LogP contribution in [-0.4, -0.2) is 38.2 Å². The van der Waals surface area contributed by atoms with E-state index >= 15 is 0 Å². The van der Waals surface area contributed by atoms with Crippen LogP contribution in [0.15, 0.2) is 59.8 Å². The summed E-state index contributed by atoms with van der Waals surface area (Å²) in [5.74, 6) is -0.242. The van der Waals surface area contributed by atoms with Crippen molar-refractivity contribution < 1.29 is 24.3 Å². The van der Waals surface area contributed by atoms with E-state index in [9.17, 15) is 9.59 Å². The zero-order valence-corrected chi connectivity index (χ0v) is 19.2. The molecule has 0 aliphatic carbocycles. The lowest BCUT2D eigenvalue weighted by Gasteiger charge is -2.18. The molecule has 7 nitrogen and oxygen atoms in total. The molecule has 0 saturated carbocycles. The summed E-state index contributed by atoms with van der Waals surface area (Å²) in [6.07, 6.45) is -0.168. The normalized spacial score (nSPS) is 16.2. The fourth-order valence-corrected chi connectivity index (χ4v) is 4.77. The standard InChI is InChI=1S/C25H24N2O5S/c1-15-11-18(20-5-3-4-6-21(20)26-15)14-31-19-9-7-17(8-10-19)22-12-23(32-27-22)24(13-25(29)30)33-16(2)28/h3-11,23-24H,12-14H2,1-2H3,(H,29,30). The predicted octanol–water partition coefficient (Wildman–Crippen LogP) is 4.74. The van der Waals surface area contributed by atoms with Crippen molar-refractivity contribution in [2.75, 3.05) is 0 Å². The van der Waals surface area contributed by atoms with Crippen LogP contribution < -0.4 is 4.74 Å². The highest BCUT2D eigenvalue weighted by molar-refractivity contribution is 8.14. The molecule has 0 spiro atoms. The number of pyridine rings is 1. The van der Waals surface area contributed by atoms with Gasteiger partial charge in [-0.25, -0.2) is 0 Å². The Morgan fingerprint density at radius 3 is 2.70 bits per heavy atom. The largest absolute Gasteiger partial charge is 0.489 e. The number of thioether (sulfide) groups is 1. The number of rotatable bonds is 8. The molecule has 2 unspecified atom stereocenters. The van der Waals surface area contributed by atoms with Gasteiger partial charge in [0.05, 0.1) is 22.9 Å². The van der Waals surface area contributed by atoms with Crippen molar-refractivity contribution >= 4 is 39.5 Å². The molecule has 0 fully saturated rings. The first kappa shape index (κ1) is 22.8. The maximum Gasteiger partial charge on any atom is 0.304 e. The third-order valence-corrected chi connectivity index (χ3v) is 6.42. The first-order chi connectivity index (χ1) is 15.9. The van der Waals surface area contributed by atoms with E-state index in [2.05, 4.69) is 10.1 Å². The number of carboxylic acid groups (broad SMARTS) is 1. The lowest BCUT2D eigenvalue weighted by molar-refractivity contribution is -0.137. The number of aryl methyl sites for hydroxylation is 1. The Bertz CT molecular complexity index is 1190. The van der Waals surface area contributed by atoms with Crippen molar-refractivity contribution in [2.45, 2.75) is 44.6 Å². The Kier molecular flexibility index (Phi) is 6.93. The summed E-state index contributed by atoms with van der Waals surface area (Å²) in [6, 6.07) is 17.6. The second kappa shape index (κ2) is 10.0. The fourth-order valence-electron chi connectivity index (χ4n) is 3.82. The molecule has 170 valence electrons. The number of carbonyl (C=O) groups excluding carboxylic acids is 1. The van der Waals surface area contributed by atoms with Crippen LogP contribution in [0.1, 0.15) is 36.6 Å². The second-order valence-electron chi connectivity index (χ2n) is 7.88. The van der Waals surface area contributed by atoms with Gasteiger partial charge in [-0.05, 0) is 48.9 Å². The van der Waals surface area contributed by atoms with Gasteiger partial charge in [0.25, 0.3) is 0 Å². The molecule has 2 atom stereocenters. The Morgan fingerprint density at radius 2 is 1.97 bits per heavy atom. The van der Waals surface area contributed by atoms with E-state index in [4.69, 9.17) is 14.7 Å². The van der Waals surface area contributed by atoms with E-state index in [0.29, 0.717) is 13.0 Å². The van der Waals surface area contributed by atoms with E-state index in [0.717, 1.165) is 50.9 Å². The van der Waals surface area contributed by atoms with Crippen molar-refractivity contribution in [3.63, 3.8) is 0 Å². The molecular formula is C25H24N2O5S. The summed E-state index contributed by atoms with van der Waals surface area (Å²) < 4.78 is 6.01. The molecule has 1 N–H and O–H groups in total. The third-order valence-electron chi connectivity index (χ3n) is 5.31. The van der Waals surface area contributed by atoms with Gasteiger partial charge in [0, 0.05) is 30.0 Å². The molecule has 4 rings (SSSR count). The summed E-state index contributed by atoms with van der Waals surface area (Å²) in [4.78, 5) is 32.7. The van der Waals surface area contributed by atoms with Gasteiger partial charge < -0.3 is 14.7 Å². The van der Waals surface area contributed by atoms with Crippen molar-refractivity contribution in [3.8, 4) is 5.75 Å². The smallest absolute Gasteiger partial charge is 0.304 e. The van der Waals surface area contributed by atoms with Gasteiger partial charge in [-0.15, -0.1) is 0 Å². The summed E-state index contributed by atoms with van der Waals surface area (Å²) >= 11 is 0.988. The van der Waals surface area contributed by atoms with Crippen LogP contribution in [0.5, 0.6) is 5.75 Å². The highest BCUT2D eigenvalue weighted by Gasteiger charge is 2.33. The van der Waals surface area contributed by atoms with E-state index < -0.39 is 17.3 Å². The molecule has 33 heavy (non-hydrogen) atoms. The van der Waals surface area contributed by atoms with Crippen LogP contribution in [0.3, 0.4) is 0 Å². The molecule has 2 heterocycles. The maximum absolute atomic E-state index is 11.5. The number of carboxylic acids is 1. The maximum atomic E-state index is 11.5. The number of hydrogen-bond acceptors (Lipinski definition) is 7. The zero-order valence-electron chi connectivity index (χ0n) is 18.4. The number of benzene rings is 2. The van der Waals surface area contributed by atoms with Crippen LogP contribution in [0.25, 0.3) is 10.9 Å². The van der Waals surface area contributed by atoms with Gasteiger partial charge in [-0.1, -0.05) is 35.1 Å². The van der Waals surface area contributed by atoms with Gasteiger partial charge in [-0.3, -0.25) is 14.6 Å². The molecule has 8 heteroatoms. The van der Waals surface area contributed by atoms with Gasteiger partial charge in [0.15, 0.2) is 5.12 Å². The molecule has 1 aliphatic rings. The summed E-state index contributed by atoms with van der Waals surface area (Å²) in [5, 5.41) is 13.7. The quantitative estimate of drug-likeness (QED) is 0.514. The average Bonchev–Trinajstić information content (AvgIpc) is 3.27. The molecule has 0 bridgehead atoms. The SMILES string of the molecule is CC(=O)SC(CC(=O)O)C1CC(c2ccc(OCc3cc(C)nc4ccccc34)cc2)=NO1. The van der Waals surface area contributed by atoms with Crippen LogP contribution >= 0.6 is 11.8 Å². The van der Waals surface area contributed by atoms with E-state index in [1.807, 2.05) is 61.5 Å². The second-order valence-corrected chi connectivity index (χ2v) is 9.30. The van der Waals surface area contributed by atoms with Crippen molar-refractivity contribution in [2.24, 2.45) is 5.16 Å². The summed E-state index contributed by atoms with van der Waals surface area (Å²) in [7, 11) is 0. The van der Waals surface area contributed by atoms with Crippen LogP contribution in [-0.2, 0) is 21.0 Å². The highest BCUT2D eigenvalue weighted by Crippen LogP contribution is 2.29. The fraction of sp³-hybridized carbons (Fsp3) is 0.280. The molecule has 1 aromatic heterocycles. The van der Waals surface area contributed by atoms with Crippen LogP contribution in [0, 0.1) is 6.92 Å². The van der Waals surface area contributed by atoms with Crippen LogP contribution in [0.4, 0.5) is 0 Å². The number of carbonyl (C=O) groups is 2. The first-order valence-electron chi connectivity index (χ1n) is 10.6. The first-order valence-corrected chi connectivity index (χ1v) is 11.5. The lowest BCUT2D eigenvalue weighted by atomic mass is 10.0. The zero-order chi connectivity index (χ0) is 23.4. The highest BCUT2D eigenvalue weighted by atomic mass is 32.2. The number of nitrogens with zero attached hydrogens (tertiary/aromatic N) is 2. The van der Waals surface area contributed by atoms with Gasteiger partial charge in [-0.2, -0.15) is 0 Å². The topological polar surface area (TPSA) is 98.1 Å². The van der Waals surface area contributed by atoms with E-state index in [-0.39, 0.29) is 11.5 Å². The van der Waals surface area contributed by atoms with Gasteiger partial charge in [0.1, 0.15) is 18.5 Å². The molecule has 3 aromatic rings. The summed E-state index contributed by atoms with van der Waals surface area (Å²) in [6.45, 7) is 3.82.